The van der Waals surface area contributed by atoms with Crippen LogP contribution < -0.4 is 11.2 Å². The van der Waals surface area contributed by atoms with Gasteiger partial charge in [0.2, 0.25) is 5.91 Å². The summed E-state index contributed by atoms with van der Waals surface area (Å²) in [5.74, 6) is -1.01. The fourth-order valence-electron chi connectivity index (χ4n) is 5.67. The Labute approximate surface area is 231 Å². The van der Waals surface area contributed by atoms with E-state index in [2.05, 4.69) is 11.6 Å². The van der Waals surface area contributed by atoms with Crippen molar-refractivity contribution in [2.24, 2.45) is 0 Å². The summed E-state index contributed by atoms with van der Waals surface area (Å²) in [6.45, 7) is 3.98. The number of phenolic OH excluding ortho intramolecular Hbond substituents is 1. The van der Waals surface area contributed by atoms with Gasteiger partial charge in [0.15, 0.2) is 5.65 Å². The van der Waals surface area contributed by atoms with Crippen LogP contribution in [0.1, 0.15) is 6.04 Å². The SMILES string of the molecule is C=CC(=O)N1CC(n2c(=O)[nH]c3c(=O)n(-c4ccccc4)c4nc(-c5cc(O)cc6ccccc56)c(F)cc4c32)C1. The molecule has 0 radical (unpaired) electrons. The van der Waals surface area contributed by atoms with Crippen molar-refractivity contribution >= 4 is 38.7 Å². The highest BCUT2D eigenvalue weighted by Crippen LogP contribution is 2.36. The van der Waals surface area contributed by atoms with Gasteiger partial charge < -0.3 is 15.0 Å². The minimum absolute atomic E-state index is 0.0107. The number of likely N-dealkylation sites (tertiary alicyclic amines) is 1. The first-order chi connectivity index (χ1) is 19.9. The van der Waals surface area contributed by atoms with Crippen LogP contribution in [0.3, 0.4) is 0 Å². The Balaban J connectivity index is 1.57. The van der Waals surface area contributed by atoms with Gasteiger partial charge in [0.1, 0.15) is 22.8 Å². The van der Waals surface area contributed by atoms with Crippen LogP contribution in [0.25, 0.3) is 49.8 Å². The Morgan fingerprint density at radius 3 is 2.51 bits per heavy atom. The Bertz CT molecular complexity index is 2180. The molecular formula is C31H22FN5O4. The molecule has 2 N–H and O–H groups in total. The lowest BCUT2D eigenvalue weighted by Crippen LogP contribution is -2.52. The number of rotatable bonds is 4. The van der Waals surface area contributed by atoms with E-state index in [1.165, 1.54) is 32.2 Å². The minimum atomic E-state index is -0.690. The van der Waals surface area contributed by atoms with Crippen LogP contribution in [0.2, 0.25) is 0 Å². The zero-order chi connectivity index (χ0) is 28.4. The minimum Gasteiger partial charge on any atom is -0.508 e. The standard InChI is InChI=1S/C31H22FN5O4/c1-2-25(39)35-15-19(16-35)36-28-23-14-24(32)26(22-13-20(38)12-17-8-6-7-11-21(17)22)33-29(23)37(18-9-4-3-5-10-18)30(40)27(28)34-31(36)41/h2-14,19,38H,1,15-16H2,(H,34,41). The van der Waals surface area contributed by atoms with Crippen LogP contribution in [0, 0.1) is 5.82 Å². The molecule has 1 amide bonds. The molecule has 10 heteroatoms. The zero-order valence-corrected chi connectivity index (χ0v) is 21.5. The van der Waals surface area contributed by atoms with Gasteiger partial charge in [0, 0.05) is 24.0 Å². The molecule has 1 saturated heterocycles. The lowest BCUT2D eigenvalue weighted by atomic mass is 10.00. The summed E-state index contributed by atoms with van der Waals surface area (Å²) in [7, 11) is 0. The Morgan fingerprint density at radius 1 is 1.02 bits per heavy atom. The predicted molar refractivity (Wildman–Crippen MR) is 154 cm³/mol. The average molecular weight is 548 g/mol. The second kappa shape index (κ2) is 9.02. The molecule has 0 atom stereocenters. The molecule has 3 aromatic heterocycles. The van der Waals surface area contributed by atoms with Crippen molar-refractivity contribution in [3.05, 3.63) is 112 Å². The van der Waals surface area contributed by atoms with Crippen molar-refractivity contribution in [3.63, 3.8) is 0 Å². The number of hydrogen-bond acceptors (Lipinski definition) is 5. The number of fused-ring (bicyclic) bond motifs is 4. The number of H-pyrrole nitrogens is 1. The first kappa shape index (κ1) is 24.5. The third-order valence-corrected chi connectivity index (χ3v) is 7.60. The third kappa shape index (κ3) is 3.68. The number of aromatic nitrogens is 4. The number of amides is 1. The van der Waals surface area contributed by atoms with Gasteiger partial charge in [-0.1, -0.05) is 49.0 Å². The molecule has 202 valence electrons. The summed E-state index contributed by atoms with van der Waals surface area (Å²) >= 11 is 0. The second-order valence-corrected chi connectivity index (χ2v) is 10.0. The lowest BCUT2D eigenvalue weighted by molar-refractivity contribution is -0.131. The number of hydrogen-bond donors (Lipinski definition) is 2. The summed E-state index contributed by atoms with van der Waals surface area (Å²) in [5.41, 5.74) is 0.0919. The molecule has 0 aliphatic carbocycles. The maximum Gasteiger partial charge on any atom is 0.327 e. The van der Waals surface area contributed by atoms with Crippen LogP contribution in [-0.2, 0) is 4.79 Å². The number of nitrogens with one attached hydrogen (secondary N) is 1. The van der Waals surface area contributed by atoms with Gasteiger partial charge in [-0.05, 0) is 47.2 Å². The van der Waals surface area contributed by atoms with Gasteiger partial charge >= 0.3 is 5.69 Å². The molecule has 0 unspecified atom stereocenters. The molecule has 3 aromatic carbocycles. The van der Waals surface area contributed by atoms with E-state index in [0.29, 0.717) is 22.0 Å². The quantitative estimate of drug-likeness (QED) is 0.320. The summed E-state index contributed by atoms with van der Waals surface area (Å²) < 4.78 is 18.8. The van der Waals surface area contributed by atoms with Crippen LogP contribution in [0.15, 0.2) is 95.0 Å². The van der Waals surface area contributed by atoms with Crippen LogP contribution in [-0.4, -0.2) is 48.1 Å². The zero-order valence-electron chi connectivity index (χ0n) is 21.5. The van der Waals surface area contributed by atoms with Crippen LogP contribution in [0.5, 0.6) is 5.75 Å². The number of aromatic hydroxyl groups is 1. The smallest absolute Gasteiger partial charge is 0.327 e. The molecule has 1 aliphatic rings. The van der Waals surface area contributed by atoms with Crippen molar-refractivity contribution in [3.8, 4) is 22.7 Å². The predicted octanol–water partition coefficient (Wildman–Crippen LogP) is 4.26. The number of aromatic amines is 1. The molecule has 0 spiro atoms. The van der Waals surface area contributed by atoms with Gasteiger partial charge in [-0.15, -0.1) is 0 Å². The number of phenols is 1. The number of imidazole rings is 1. The van der Waals surface area contributed by atoms with Crippen LogP contribution in [0.4, 0.5) is 4.39 Å². The molecule has 0 bridgehead atoms. The van der Waals surface area contributed by atoms with Crippen molar-refractivity contribution in [1.29, 1.82) is 0 Å². The maximum absolute atomic E-state index is 16.1. The van der Waals surface area contributed by atoms with E-state index in [1.807, 2.05) is 12.1 Å². The molecule has 4 heterocycles. The van der Waals surface area contributed by atoms with Gasteiger partial charge in [0.25, 0.3) is 5.56 Å². The van der Waals surface area contributed by atoms with E-state index in [9.17, 15) is 19.5 Å². The van der Waals surface area contributed by atoms with E-state index in [-0.39, 0.29) is 52.5 Å². The number of pyridine rings is 2. The summed E-state index contributed by atoms with van der Waals surface area (Å²) in [5, 5.41) is 12.0. The summed E-state index contributed by atoms with van der Waals surface area (Å²) in [6.07, 6.45) is 1.20. The van der Waals surface area contributed by atoms with E-state index in [1.54, 1.807) is 48.5 Å². The molecular weight excluding hydrogens is 525 g/mol. The molecule has 6 aromatic rings. The van der Waals surface area contributed by atoms with E-state index >= 15 is 4.39 Å². The van der Waals surface area contributed by atoms with E-state index in [0.717, 1.165) is 0 Å². The molecule has 0 saturated carbocycles. The van der Waals surface area contributed by atoms with Crippen LogP contribution >= 0.6 is 0 Å². The number of nitrogens with zero attached hydrogens (tertiary/aromatic N) is 4. The van der Waals surface area contributed by atoms with Crippen molar-refractivity contribution in [1.82, 2.24) is 24.0 Å². The number of carbonyl (C=O) groups is 1. The molecule has 7 rings (SSSR count). The van der Waals surface area contributed by atoms with E-state index in [4.69, 9.17) is 4.98 Å². The van der Waals surface area contributed by atoms with Gasteiger partial charge in [-0.3, -0.25) is 18.7 Å². The summed E-state index contributed by atoms with van der Waals surface area (Å²) in [4.78, 5) is 48.1. The fraction of sp³-hybridized carbons (Fsp3) is 0.0968. The fourth-order valence-corrected chi connectivity index (χ4v) is 5.67. The van der Waals surface area contributed by atoms with Crippen molar-refractivity contribution < 1.29 is 14.3 Å². The van der Waals surface area contributed by atoms with Crippen molar-refractivity contribution in [2.75, 3.05) is 13.1 Å². The monoisotopic (exact) mass is 547 g/mol. The first-order valence-electron chi connectivity index (χ1n) is 12.9. The third-order valence-electron chi connectivity index (χ3n) is 7.60. The molecule has 1 fully saturated rings. The highest BCUT2D eigenvalue weighted by Gasteiger charge is 2.34. The molecule has 41 heavy (non-hydrogen) atoms. The topological polar surface area (TPSA) is 113 Å². The number of benzene rings is 3. The number of halogens is 1. The normalized spacial score (nSPS) is 13.6. The maximum atomic E-state index is 16.1. The van der Waals surface area contributed by atoms with Gasteiger partial charge in [-0.2, -0.15) is 0 Å². The second-order valence-electron chi connectivity index (χ2n) is 10.0. The largest absolute Gasteiger partial charge is 0.508 e. The number of carbonyl (C=O) groups excluding carboxylic acids is 1. The molecule has 1 aliphatic heterocycles. The lowest BCUT2D eigenvalue weighted by Gasteiger charge is -2.39. The molecule has 9 nitrogen and oxygen atoms in total. The van der Waals surface area contributed by atoms with Crippen molar-refractivity contribution in [2.45, 2.75) is 6.04 Å². The Kier molecular flexibility index (Phi) is 5.40. The average Bonchev–Trinajstić information content (AvgIpc) is 3.29. The Morgan fingerprint density at radius 2 is 1.76 bits per heavy atom. The van der Waals surface area contributed by atoms with Gasteiger partial charge in [0.05, 0.1) is 17.2 Å². The van der Waals surface area contributed by atoms with Gasteiger partial charge in [-0.25, -0.2) is 14.2 Å². The Hall–Kier alpha value is -5.51. The first-order valence-corrected chi connectivity index (χ1v) is 12.9. The number of para-hydroxylation sites is 1. The highest BCUT2D eigenvalue weighted by molar-refractivity contribution is 6.04. The van der Waals surface area contributed by atoms with E-state index < -0.39 is 23.1 Å². The highest BCUT2D eigenvalue weighted by atomic mass is 19.1. The summed E-state index contributed by atoms with van der Waals surface area (Å²) in [6, 6.07) is 19.9.